The second-order valence-electron chi connectivity index (χ2n) is 12.4. The molecule has 5 rings (SSSR count). The quantitative estimate of drug-likeness (QED) is 0.305. The number of benzene rings is 2. The molecule has 0 saturated carbocycles. The maximum absolute atomic E-state index is 13.7. The van der Waals surface area contributed by atoms with E-state index >= 15 is 0 Å². The number of H-pyrrole nitrogens is 1. The zero-order valence-corrected chi connectivity index (χ0v) is 26.8. The number of piperazine rings is 1. The number of fused-ring (bicyclic) bond motifs is 1. The number of amides is 1. The number of hydrogen-bond acceptors (Lipinski definition) is 8. The number of quaternary nitrogens is 1. The zero-order valence-electron chi connectivity index (χ0n) is 26.8. The van der Waals surface area contributed by atoms with Crippen LogP contribution in [0.15, 0.2) is 58.5 Å². The van der Waals surface area contributed by atoms with Gasteiger partial charge in [0.05, 0.1) is 76.7 Å². The predicted molar refractivity (Wildman–Crippen MR) is 165 cm³/mol. The van der Waals surface area contributed by atoms with Gasteiger partial charge in [-0.15, -0.1) is 5.10 Å². The molecule has 1 atom stereocenters. The summed E-state index contributed by atoms with van der Waals surface area (Å²) in [5.41, 5.74) is -0.112. The number of aromatic nitrogens is 3. The van der Waals surface area contributed by atoms with Gasteiger partial charge in [-0.25, -0.2) is 19.3 Å². The van der Waals surface area contributed by atoms with Crippen molar-refractivity contribution in [2.24, 2.45) is 0 Å². The van der Waals surface area contributed by atoms with E-state index in [-0.39, 0.29) is 41.9 Å². The Morgan fingerprint density at radius 2 is 1.87 bits per heavy atom. The van der Waals surface area contributed by atoms with E-state index in [1.807, 2.05) is 4.90 Å². The predicted octanol–water partition coefficient (Wildman–Crippen LogP) is 3.00. The van der Waals surface area contributed by atoms with Crippen molar-refractivity contribution < 1.29 is 32.0 Å². The van der Waals surface area contributed by atoms with Gasteiger partial charge in [0, 0.05) is 17.9 Å². The number of esters is 1. The van der Waals surface area contributed by atoms with Crippen molar-refractivity contribution in [1.29, 1.82) is 5.26 Å². The number of carbonyl (C=O) groups excluding carboxylic acids is 2. The molecular formula is C32H36F3N8O4+. The van der Waals surface area contributed by atoms with Crippen molar-refractivity contribution in [3.8, 4) is 6.07 Å². The highest BCUT2D eigenvalue weighted by atomic mass is 19.4. The van der Waals surface area contributed by atoms with Crippen molar-refractivity contribution in [2.45, 2.75) is 25.7 Å². The monoisotopic (exact) mass is 653 g/mol. The fourth-order valence-corrected chi connectivity index (χ4v) is 6.09. The zero-order chi connectivity index (χ0) is 34.3. The number of nitriles is 1. The van der Waals surface area contributed by atoms with Gasteiger partial charge in [0.15, 0.2) is 0 Å². The van der Waals surface area contributed by atoms with Gasteiger partial charge < -0.3 is 14.1 Å². The summed E-state index contributed by atoms with van der Waals surface area (Å²) in [6.45, 7) is 4.76. The van der Waals surface area contributed by atoms with E-state index in [0.29, 0.717) is 29.8 Å². The molecule has 0 unspecified atom stereocenters. The Hall–Kier alpha value is -4.94. The van der Waals surface area contributed by atoms with E-state index in [4.69, 9.17) is 4.74 Å². The second-order valence-corrected chi connectivity index (χ2v) is 12.4. The third-order valence-electron chi connectivity index (χ3n) is 8.69. The summed E-state index contributed by atoms with van der Waals surface area (Å²) >= 11 is 0. The van der Waals surface area contributed by atoms with Crippen molar-refractivity contribution in [2.75, 3.05) is 65.9 Å². The molecule has 2 aliphatic heterocycles. The number of nitrogens with one attached hydrogen (secondary N) is 1. The Bertz CT molecular complexity index is 1830. The Labute approximate surface area is 269 Å². The number of ether oxygens (including phenoxy) is 1. The first-order valence-corrected chi connectivity index (χ1v) is 14.9. The van der Waals surface area contributed by atoms with Gasteiger partial charge in [0.2, 0.25) is 11.9 Å². The minimum absolute atomic E-state index is 0.0142. The average molecular weight is 654 g/mol. The molecule has 0 bridgehead atoms. The SMILES string of the molecule is COC(=O)C1=C(C)N(c2cccc(C(F)(F)F)c2)c2n[nH]c(=O)n2[C@@H]1c1ccc(C#N)cc1CN(C)CC(=O)N1CC[N+](C)(C)CC1. The normalized spacial score (nSPS) is 17.8. The number of nitrogens with zero attached hydrogens (tertiary/aromatic N) is 7. The summed E-state index contributed by atoms with van der Waals surface area (Å²) in [4.78, 5) is 45.0. The van der Waals surface area contributed by atoms with E-state index in [2.05, 4.69) is 30.4 Å². The molecule has 12 nitrogen and oxygen atoms in total. The summed E-state index contributed by atoms with van der Waals surface area (Å²) in [5.74, 6) is -0.901. The molecular weight excluding hydrogens is 617 g/mol. The number of halogens is 3. The number of hydrogen-bond donors (Lipinski definition) is 1. The van der Waals surface area contributed by atoms with Crippen LogP contribution in [0.1, 0.15) is 35.2 Å². The van der Waals surface area contributed by atoms with Crippen LogP contribution in [0.3, 0.4) is 0 Å². The highest BCUT2D eigenvalue weighted by Crippen LogP contribution is 2.43. The molecule has 0 radical (unpaired) electrons. The van der Waals surface area contributed by atoms with Gasteiger partial charge in [-0.3, -0.25) is 14.6 Å². The molecule has 47 heavy (non-hydrogen) atoms. The maximum Gasteiger partial charge on any atom is 0.416 e. The van der Waals surface area contributed by atoms with E-state index in [1.54, 1.807) is 30.1 Å². The first kappa shape index (κ1) is 33.4. The van der Waals surface area contributed by atoms with Gasteiger partial charge in [0.25, 0.3) is 0 Å². The number of methoxy groups -OCH3 is 1. The summed E-state index contributed by atoms with van der Waals surface area (Å²) in [6, 6.07) is 10.3. The Morgan fingerprint density at radius 3 is 2.51 bits per heavy atom. The molecule has 0 aliphatic carbocycles. The van der Waals surface area contributed by atoms with Crippen LogP contribution in [0, 0.1) is 11.3 Å². The molecule has 1 aromatic heterocycles. The highest BCUT2D eigenvalue weighted by Gasteiger charge is 2.41. The van der Waals surface area contributed by atoms with E-state index in [9.17, 15) is 32.8 Å². The minimum Gasteiger partial charge on any atom is -0.466 e. The maximum atomic E-state index is 13.7. The van der Waals surface area contributed by atoms with E-state index < -0.39 is 29.4 Å². The smallest absolute Gasteiger partial charge is 0.416 e. The van der Waals surface area contributed by atoms with Gasteiger partial charge >= 0.3 is 17.8 Å². The van der Waals surface area contributed by atoms with E-state index in [1.165, 1.54) is 35.6 Å². The molecule has 2 aliphatic rings. The van der Waals surface area contributed by atoms with Gasteiger partial charge in [-0.2, -0.15) is 18.4 Å². The van der Waals surface area contributed by atoms with Crippen molar-refractivity contribution in [3.63, 3.8) is 0 Å². The average Bonchev–Trinajstić information content (AvgIpc) is 3.40. The number of anilines is 2. The van der Waals surface area contributed by atoms with Gasteiger partial charge in [-0.1, -0.05) is 12.1 Å². The molecule has 248 valence electrons. The van der Waals surface area contributed by atoms with Crippen LogP contribution in [0.4, 0.5) is 24.8 Å². The summed E-state index contributed by atoms with van der Waals surface area (Å²) in [5, 5.41) is 16.2. The van der Waals surface area contributed by atoms with Crippen LogP contribution >= 0.6 is 0 Å². The van der Waals surface area contributed by atoms with Crippen LogP contribution in [-0.2, 0) is 27.0 Å². The third kappa shape index (κ3) is 6.65. The molecule has 3 heterocycles. The molecule has 0 spiro atoms. The van der Waals surface area contributed by atoms with Crippen molar-refractivity contribution >= 4 is 23.5 Å². The summed E-state index contributed by atoms with van der Waals surface area (Å²) in [7, 11) is 7.18. The Balaban J connectivity index is 1.58. The molecule has 3 aromatic rings. The molecule has 1 amide bonds. The fraction of sp³-hybridized carbons (Fsp3) is 0.406. The van der Waals surface area contributed by atoms with E-state index in [0.717, 1.165) is 29.7 Å². The number of aromatic amines is 1. The standard InChI is InChI=1S/C32H35F3N8O4/c1-20-27(29(45)47-5)28(42-30(37-38-31(42)46)41(20)24-8-6-7-23(16-24)32(33,34)35)25-10-9-21(17-36)15-22(25)18-39(2)19-26(44)40-11-13-43(3,4)14-12-40/h6-10,15-16,28H,11-14,18-19H2,1-5H3/p+1/t28-/m1/s1. The molecule has 1 fully saturated rings. The number of carbonyl (C=O) groups is 2. The lowest BCUT2D eigenvalue weighted by Gasteiger charge is -2.39. The fourth-order valence-electron chi connectivity index (χ4n) is 6.09. The number of likely N-dealkylation sites (N-methyl/N-ethyl adjacent to an activating group) is 2. The lowest BCUT2D eigenvalue weighted by atomic mass is 9.90. The molecule has 2 aromatic carbocycles. The number of allylic oxidation sites excluding steroid dienone is 1. The Kier molecular flexibility index (Phi) is 9.02. The summed E-state index contributed by atoms with van der Waals surface area (Å²) in [6.07, 6.45) is -4.64. The second kappa shape index (κ2) is 12.7. The van der Waals surface area contributed by atoms with Crippen LogP contribution in [0.25, 0.3) is 0 Å². The van der Waals surface area contributed by atoms with Crippen LogP contribution in [0.5, 0.6) is 0 Å². The lowest BCUT2D eigenvalue weighted by molar-refractivity contribution is -0.894. The van der Waals surface area contributed by atoms with Crippen molar-refractivity contribution in [1.82, 2.24) is 24.6 Å². The van der Waals surface area contributed by atoms with Crippen LogP contribution in [0.2, 0.25) is 0 Å². The highest BCUT2D eigenvalue weighted by molar-refractivity contribution is 5.93. The summed E-state index contributed by atoms with van der Waals surface area (Å²) < 4.78 is 48.2. The number of alkyl halides is 3. The largest absolute Gasteiger partial charge is 0.466 e. The topological polar surface area (TPSA) is 128 Å². The first-order chi connectivity index (χ1) is 22.1. The van der Waals surface area contributed by atoms with Crippen molar-refractivity contribution in [3.05, 3.63) is 86.5 Å². The Morgan fingerprint density at radius 1 is 1.17 bits per heavy atom. The minimum atomic E-state index is -4.64. The third-order valence-corrected chi connectivity index (χ3v) is 8.69. The van der Waals surface area contributed by atoms with Crippen LogP contribution in [-0.4, -0.2) is 102 Å². The molecule has 1 saturated heterocycles. The number of rotatable bonds is 7. The lowest BCUT2D eigenvalue weighted by Crippen LogP contribution is -2.57. The van der Waals surface area contributed by atoms with Crippen LogP contribution < -0.4 is 10.6 Å². The molecule has 1 N–H and O–H groups in total. The first-order valence-electron chi connectivity index (χ1n) is 14.9. The van der Waals surface area contributed by atoms with Gasteiger partial charge in [-0.05, 0) is 55.4 Å². The van der Waals surface area contributed by atoms with Gasteiger partial charge in [0.1, 0.15) is 6.04 Å². The molecule has 15 heteroatoms.